The van der Waals surface area contributed by atoms with E-state index in [0.29, 0.717) is 0 Å². The van der Waals surface area contributed by atoms with E-state index in [2.05, 4.69) is 5.32 Å². The smallest absolute Gasteiger partial charge is 0.167 e. The molecule has 0 heterocycles. The molecular formula is C16H16F3N. The number of halogens is 3. The van der Waals surface area contributed by atoms with Crippen LogP contribution in [0.5, 0.6) is 0 Å². The van der Waals surface area contributed by atoms with Gasteiger partial charge in [0, 0.05) is 17.2 Å². The van der Waals surface area contributed by atoms with Crippen LogP contribution in [0, 0.1) is 24.4 Å². The van der Waals surface area contributed by atoms with Gasteiger partial charge in [0.1, 0.15) is 5.82 Å². The lowest BCUT2D eigenvalue weighted by atomic mass is 9.98. The monoisotopic (exact) mass is 279 g/mol. The minimum atomic E-state index is -1.02. The van der Waals surface area contributed by atoms with E-state index in [4.69, 9.17) is 0 Å². The molecule has 0 spiro atoms. The van der Waals surface area contributed by atoms with Gasteiger partial charge in [0.15, 0.2) is 11.6 Å². The van der Waals surface area contributed by atoms with Crippen molar-refractivity contribution in [2.75, 3.05) is 7.05 Å². The average Bonchev–Trinajstić information content (AvgIpc) is 2.45. The molecule has 0 fully saturated rings. The fourth-order valence-electron chi connectivity index (χ4n) is 2.04. The zero-order valence-corrected chi connectivity index (χ0v) is 11.6. The van der Waals surface area contributed by atoms with E-state index in [1.54, 1.807) is 19.2 Å². The molecular weight excluding hydrogens is 263 g/mol. The molecule has 0 aliphatic carbocycles. The summed E-state index contributed by atoms with van der Waals surface area (Å²) < 4.78 is 41.5. The van der Waals surface area contributed by atoms with Crippen LogP contribution in [0.25, 0.3) is 11.1 Å². The number of rotatable bonds is 3. The van der Waals surface area contributed by atoms with Gasteiger partial charge in [-0.2, -0.15) is 0 Å². The van der Waals surface area contributed by atoms with Crippen LogP contribution in [-0.2, 0) is 0 Å². The third kappa shape index (κ3) is 2.56. The first-order valence-corrected chi connectivity index (χ1v) is 6.37. The van der Waals surface area contributed by atoms with Gasteiger partial charge in [0.05, 0.1) is 0 Å². The molecule has 2 aromatic rings. The number of hydrogen-bond acceptors (Lipinski definition) is 1. The summed E-state index contributed by atoms with van der Waals surface area (Å²) in [5.74, 6) is -2.52. The van der Waals surface area contributed by atoms with Crippen molar-refractivity contribution in [1.29, 1.82) is 0 Å². The molecule has 0 radical (unpaired) electrons. The maximum atomic E-state index is 14.0. The first-order chi connectivity index (χ1) is 9.45. The number of aryl methyl sites for hydroxylation is 1. The van der Waals surface area contributed by atoms with E-state index in [1.165, 1.54) is 25.1 Å². The zero-order valence-electron chi connectivity index (χ0n) is 11.6. The Kier molecular flexibility index (Phi) is 4.14. The van der Waals surface area contributed by atoms with E-state index in [-0.39, 0.29) is 22.7 Å². The molecule has 1 unspecified atom stereocenters. The predicted molar refractivity (Wildman–Crippen MR) is 74.0 cm³/mol. The maximum absolute atomic E-state index is 14.0. The van der Waals surface area contributed by atoms with Gasteiger partial charge in [-0.05, 0) is 44.2 Å². The molecule has 1 atom stereocenters. The highest BCUT2D eigenvalue weighted by atomic mass is 19.2. The van der Waals surface area contributed by atoms with Crippen molar-refractivity contribution >= 4 is 0 Å². The zero-order chi connectivity index (χ0) is 14.9. The fraction of sp³-hybridized carbons (Fsp3) is 0.250. The van der Waals surface area contributed by atoms with Crippen molar-refractivity contribution in [3.05, 3.63) is 58.9 Å². The van der Waals surface area contributed by atoms with Crippen molar-refractivity contribution in [3.63, 3.8) is 0 Å². The molecule has 20 heavy (non-hydrogen) atoms. The van der Waals surface area contributed by atoms with Crippen LogP contribution in [0.15, 0.2) is 30.3 Å². The number of benzene rings is 2. The first kappa shape index (κ1) is 14.6. The highest BCUT2D eigenvalue weighted by molar-refractivity contribution is 5.66. The second-order valence-electron chi connectivity index (χ2n) is 4.81. The molecule has 0 amide bonds. The highest BCUT2D eigenvalue weighted by Gasteiger charge is 2.16. The van der Waals surface area contributed by atoms with Crippen molar-refractivity contribution in [1.82, 2.24) is 5.32 Å². The van der Waals surface area contributed by atoms with Gasteiger partial charge in [-0.15, -0.1) is 0 Å². The first-order valence-electron chi connectivity index (χ1n) is 6.37. The third-order valence-electron chi connectivity index (χ3n) is 3.49. The van der Waals surface area contributed by atoms with Gasteiger partial charge < -0.3 is 5.32 Å². The van der Waals surface area contributed by atoms with Gasteiger partial charge in [-0.25, -0.2) is 13.2 Å². The Morgan fingerprint density at radius 1 is 0.950 bits per heavy atom. The van der Waals surface area contributed by atoms with Crippen LogP contribution >= 0.6 is 0 Å². The van der Waals surface area contributed by atoms with E-state index in [0.717, 1.165) is 5.56 Å². The normalized spacial score (nSPS) is 12.5. The molecule has 4 heteroatoms. The molecule has 2 aromatic carbocycles. The van der Waals surface area contributed by atoms with Crippen LogP contribution in [0.1, 0.15) is 24.1 Å². The second-order valence-corrected chi connectivity index (χ2v) is 4.81. The van der Waals surface area contributed by atoms with Crippen molar-refractivity contribution in [3.8, 4) is 11.1 Å². The van der Waals surface area contributed by atoms with Crippen LogP contribution in [0.2, 0.25) is 0 Å². The fourth-order valence-corrected chi connectivity index (χ4v) is 2.04. The van der Waals surface area contributed by atoms with Gasteiger partial charge in [0.25, 0.3) is 0 Å². The van der Waals surface area contributed by atoms with Crippen LogP contribution in [0.4, 0.5) is 13.2 Å². The molecule has 0 aliphatic rings. The summed E-state index contributed by atoms with van der Waals surface area (Å²) in [4.78, 5) is 0. The summed E-state index contributed by atoms with van der Waals surface area (Å²) in [5, 5.41) is 3.02. The predicted octanol–water partition coefficient (Wildman–Crippen LogP) is 4.36. The largest absolute Gasteiger partial charge is 0.313 e. The minimum Gasteiger partial charge on any atom is -0.313 e. The lowest BCUT2D eigenvalue weighted by Crippen LogP contribution is -2.12. The summed E-state index contributed by atoms with van der Waals surface area (Å²) in [6, 6.07) is 7.29. The Morgan fingerprint density at radius 3 is 2.30 bits per heavy atom. The van der Waals surface area contributed by atoms with Gasteiger partial charge in [-0.1, -0.05) is 18.2 Å². The molecule has 0 bridgehead atoms. The van der Waals surface area contributed by atoms with Gasteiger partial charge in [-0.3, -0.25) is 0 Å². The Labute approximate surface area is 116 Å². The quantitative estimate of drug-likeness (QED) is 0.880. The topological polar surface area (TPSA) is 12.0 Å². The molecule has 0 saturated carbocycles. The number of hydrogen-bond donors (Lipinski definition) is 1. The highest BCUT2D eigenvalue weighted by Crippen LogP contribution is 2.30. The standard InChI is InChI=1S/C16H16F3N/c1-9-4-6-12(16(19)15(9)18)13-8-11(10(2)20-3)5-7-14(13)17/h4-8,10,20H,1-3H3. The van der Waals surface area contributed by atoms with E-state index in [9.17, 15) is 13.2 Å². The molecule has 0 aliphatic heterocycles. The lowest BCUT2D eigenvalue weighted by Gasteiger charge is -2.14. The summed E-state index contributed by atoms with van der Waals surface area (Å²) in [7, 11) is 1.78. The molecule has 1 nitrogen and oxygen atoms in total. The van der Waals surface area contributed by atoms with Crippen molar-refractivity contribution in [2.45, 2.75) is 19.9 Å². The third-order valence-corrected chi connectivity index (χ3v) is 3.49. The van der Waals surface area contributed by atoms with Gasteiger partial charge >= 0.3 is 0 Å². The lowest BCUT2D eigenvalue weighted by molar-refractivity contribution is 0.504. The van der Waals surface area contributed by atoms with Crippen LogP contribution < -0.4 is 5.32 Å². The number of nitrogens with one attached hydrogen (secondary N) is 1. The summed E-state index contributed by atoms with van der Waals surface area (Å²) >= 11 is 0. The summed E-state index contributed by atoms with van der Waals surface area (Å²) in [6.45, 7) is 3.38. The van der Waals surface area contributed by atoms with Gasteiger partial charge in [0.2, 0.25) is 0 Å². The Bertz CT molecular complexity index is 638. The molecule has 0 aromatic heterocycles. The molecule has 106 valence electrons. The maximum Gasteiger partial charge on any atom is 0.167 e. The average molecular weight is 279 g/mol. The SMILES string of the molecule is CNC(C)c1ccc(F)c(-c2ccc(C)c(F)c2F)c1. The minimum absolute atomic E-state index is 0.00675. The van der Waals surface area contributed by atoms with E-state index >= 15 is 0 Å². The Hall–Kier alpha value is -1.81. The molecule has 0 saturated heterocycles. The van der Waals surface area contributed by atoms with Crippen LogP contribution in [-0.4, -0.2) is 7.05 Å². The summed E-state index contributed by atoms with van der Waals surface area (Å²) in [5.41, 5.74) is 1.02. The molecule has 2 rings (SSSR count). The van der Waals surface area contributed by atoms with Crippen molar-refractivity contribution < 1.29 is 13.2 Å². The van der Waals surface area contributed by atoms with Crippen LogP contribution in [0.3, 0.4) is 0 Å². The Morgan fingerprint density at radius 2 is 1.65 bits per heavy atom. The van der Waals surface area contributed by atoms with Crippen molar-refractivity contribution in [2.24, 2.45) is 0 Å². The van der Waals surface area contributed by atoms with E-state index in [1.807, 2.05) is 6.92 Å². The second kappa shape index (κ2) is 5.67. The van der Waals surface area contributed by atoms with E-state index < -0.39 is 17.5 Å². The molecule has 1 N–H and O–H groups in total. The Balaban J connectivity index is 2.60. The summed E-state index contributed by atoms with van der Waals surface area (Å²) in [6.07, 6.45) is 0.